The minimum atomic E-state index is -4.88. The van der Waals surface area contributed by atoms with Gasteiger partial charge in [0.05, 0.1) is 12.2 Å². The molecular weight excluding hydrogens is 566 g/mol. The lowest BCUT2D eigenvalue weighted by molar-refractivity contribution is -0.137. The minimum absolute atomic E-state index is 0.0196. The monoisotopic (exact) mass is 594 g/mol. The highest BCUT2D eigenvalue weighted by Crippen LogP contribution is 2.61. The van der Waals surface area contributed by atoms with E-state index in [1.54, 1.807) is 19.2 Å². The molecule has 0 bridgehead atoms. The Morgan fingerprint density at radius 1 is 1.12 bits per heavy atom. The Kier molecular flexibility index (Phi) is 7.71. The van der Waals surface area contributed by atoms with Gasteiger partial charge in [0.15, 0.2) is 0 Å². The molecule has 12 heteroatoms. The fraction of sp³-hybridized carbons (Fsp3) is 0.433. The lowest BCUT2D eigenvalue weighted by Gasteiger charge is -2.22. The van der Waals surface area contributed by atoms with Crippen LogP contribution in [0, 0.1) is 24.6 Å². The standard InChI is InChI=1S/C30H28F6N2O4/c1-14-18(4-5-24(38-14)41-7-6-29(3,40)28(32)33)19-9-17(23(31)11-22(19)30(34,35)36)13-42-25-10-16-8-20-26(15(2)39)27(20)21(16)12-37-25/h4-5,9-12,20,26-28,40H,6-8,13H2,1-3H3/t20-,26-,27+,29?/m0/s1. The SMILES string of the molecule is CC(=O)[C@H]1[C@@H]2Cc3cc(OCc4cc(-c5ccc(OCCC(C)(O)C(F)F)nc5C)c(C(F)(F)F)cc4F)ncc3[C@@H]21. The van der Waals surface area contributed by atoms with Crippen molar-refractivity contribution in [2.45, 2.75) is 64.3 Å². The zero-order chi connectivity index (χ0) is 30.6. The van der Waals surface area contributed by atoms with Crippen LogP contribution >= 0.6 is 0 Å². The van der Waals surface area contributed by atoms with Gasteiger partial charge < -0.3 is 14.6 Å². The molecule has 2 aliphatic carbocycles. The maximum absolute atomic E-state index is 14.9. The van der Waals surface area contributed by atoms with E-state index >= 15 is 0 Å². The first-order valence-corrected chi connectivity index (χ1v) is 13.3. The molecule has 6 nitrogen and oxygen atoms in total. The Morgan fingerprint density at radius 3 is 2.50 bits per heavy atom. The van der Waals surface area contributed by atoms with E-state index in [-0.39, 0.29) is 70.9 Å². The highest BCUT2D eigenvalue weighted by atomic mass is 19.4. The van der Waals surface area contributed by atoms with Crippen molar-refractivity contribution in [1.82, 2.24) is 9.97 Å². The maximum Gasteiger partial charge on any atom is 0.417 e. The Hall–Kier alpha value is -3.67. The molecule has 4 atom stereocenters. The fourth-order valence-corrected chi connectivity index (χ4v) is 5.61. The van der Waals surface area contributed by atoms with E-state index in [9.17, 15) is 36.2 Å². The summed E-state index contributed by atoms with van der Waals surface area (Å²) in [4.78, 5) is 20.1. The molecule has 1 saturated carbocycles. The third-order valence-corrected chi connectivity index (χ3v) is 8.00. The van der Waals surface area contributed by atoms with E-state index in [1.807, 2.05) is 0 Å². The van der Waals surface area contributed by atoms with E-state index in [0.717, 1.165) is 24.1 Å². The van der Waals surface area contributed by atoms with Crippen LogP contribution in [-0.4, -0.2) is 39.5 Å². The van der Waals surface area contributed by atoms with Crippen molar-refractivity contribution in [2.24, 2.45) is 11.8 Å². The second-order valence-electron chi connectivity index (χ2n) is 11.1. The Labute approximate surface area is 237 Å². The number of hydrogen-bond donors (Lipinski definition) is 1. The van der Waals surface area contributed by atoms with Crippen molar-refractivity contribution in [3.63, 3.8) is 0 Å². The lowest BCUT2D eigenvalue weighted by Crippen LogP contribution is -2.35. The zero-order valence-corrected chi connectivity index (χ0v) is 22.9. The molecule has 2 heterocycles. The highest BCUT2D eigenvalue weighted by molar-refractivity contribution is 5.84. The number of aryl methyl sites for hydroxylation is 1. The van der Waals surface area contributed by atoms with Crippen molar-refractivity contribution < 1.29 is 45.7 Å². The number of nitrogens with zero attached hydrogens (tertiary/aromatic N) is 2. The van der Waals surface area contributed by atoms with E-state index in [0.29, 0.717) is 12.5 Å². The van der Waals surface area contributed by atoms with Crippen LogP contribution in [0.2, 0.25) is 0 Å². The predicted octanol–water partition coefficient (Wildman–Crippen LogP) is 6.45. The van der Waals surface area contributed by atoms with Crippen molar-refractivity contribution in [2.75, 3.05) is 6.61 Å². The molecule has 1 fully saturated rings. The summed E-state index contributed by atoms with van der Waals surface area (Å²) in [6, 6.07) is 5.78. The number of aromatic nitrogens is 2. The number of benzene rings is 1. The summed E-state index contributed by atoms with van der Waals surface area (Å²) in [5, 5.41) is 9.66. The Morgan fingerprint density at radius 2 is 1.86 bits per heavy atom. The Bertz CT molecular complexity index is 1520. The topological polar surface area (TPSA) is 81.5 Å². The van der Waals surface area contributed by atoms with E-state index in [4.69, 9.17) is 9.47 Å². The highest BCUT2D eigenvalue weighted by Gasteiger charge is 2.58. The number of alkyl halides is 5. The first-order valence-electron chi connectivity index (χ1n) is 13.3. The lowest BCUT2D eigenvalue weighted by atomic mass is 9.95. The number of hydrogen-bond acceptors (Lipinski definition) is 6. The zero-order valence-electron chi connectivity index (χ0n) is 22.9. The van der Waals surface area contributed by atoms with Crippen LogP contribution in [0.5, 0.6) is 11.8 Å². The molecule has 42 heavy (non-hydrogen) atoms. The van der Waals surface area contributed by atoms with Gasteiger partial charge in [-0.2, -0.15) is 13.2 Å². The number of rotatable bonds is 10. The van der Waals surface area contributed by atoms with E-state index in [1.165, 1.54) is 19.1 Å². The second kappa shape index (κ2) is 10.9. The van der Waals surface area contributed by atoms with Crippen LogP contribution in [0.25, 0.3) is 11.1 Å². The number of Topliss-reactive ketones (excluding diaryl/α,β-unsaturated/α-hetero) is 1. The molecule has 1 N–H and O–H groups in total. The van der Waals surface area contributed by atoms with Crippen molar-refractivity contribution in [1.29, 1.82) is 0 Å². The summed E-state index contributed by atoms with van der Waals surface area (Å²) < 4.78 is 93.3. The van der Waals surface area contributed by atoms with Crippen LogP contribution in [0.3, 0.4) is 0 Å². The summed E-state index contributed by atoms with van der Waals surface area (Å²) in [7, 11) is 0. The van der Waals surface area contributed by atoms with Crippen LogP contribution in [0.4, 0.5) is 26.3 Å². The number of aliphatic hydroxyl groups is 1. The molecular formula is C30H28F6N2O4. The molecule has 224 valence electrons. The van der Waals surface area contributed by atoms with Gasteiger partial charge in [0.2, 0.25) is 11.8 Å². The summed E-state index contributed by atoms with van der Waals surface area (Å²) in [6.45, 7) is 3.29. The number of fused-ring (bicyclic) bond motifs is 3. The van der Waals surface area contributed by atoms with E-state index < -0.39 is 36.0 Å². The van der Waals surface area contributed by atoms with Crippen LogP contribution in [0.1, 0.15) is 54.1 Å². The number of ether oxygens (including phenoxy) is 2. The largest absolute Gasteiger partial charge is 0.478 e. The van der Waals surface area contributed by atoms with Crippen molar-refractivity contribution in [3.8, 4) is 22.9 Å². The normalized spacial score (nSPS) is 20.6. The average Bonchev–Trinajstić information content (AvgIpc) is 3.49. The van der Waals surface area contributed by atoms with Crippen molar-refractivity contribution in [3.05, 3.63) is 70.3 Å². The summed E-state index contributed by atoms with van der Waals surface area (Å²) >= 11 is 0. The predicted molar refractivity (Wildman–Crippen MR) is 139 cm³/mol. The quantitative estimate of drug-likeness (QED) is 0.272. The smallest absolute Gasteiger partial charge is 0.417 e. The molecule has 1 aromatic carbocycles. The molecule has 0 amide bonds. The summed E-state index contributed by atoms with van der Waals surface area (Å²) in [6.07, 6.45) is -5.91. The van der Waals surface area contributed by atoms with Gasteiger partial charge in [-0.1, -0.05) is 0 Å². The minimum Gasteiger partial charge on any atom is -0.478 e. The molecule has 5 rings (SSSR count). The third-order valence-electron chi connectivity index (χ3n) is 8.00. The third kappa shape index (κ3) is 5.81. The van der Waals surface area contributed by atoms with Gasteiger partial charge in [-0.05, 0) is 73.9 Å². The van der Waals surface area contributed by atoms with Gasteiger partial charge in [-0.3, -0.25) is 4.79 Å². The van der Waals surface area contributed by atoms with Crippen LogP contribution < -0.4 is 9.47 Å². The maximum atomic E-state index is 14.9. The number of halogens is 6. The van der Waals surface area contributed by atoms with Crippen LogP contribution in [0.15, 0.2) is 36.5 Å². The molecule has 1 unspecified atom stereocenters. The summed E-state index contributed by atoms with van der Waals surface area (Å²) in [5.74, 6) is -0.353. The van der Waals surface area contributed by atoms with Gasteiger partial charge in [0.25, 0.3) is 6.43 Å². The molecule has 2 aromatic heterocycles. The average molecular weight is 595 g/mol. The number of carbonyl (C=O) groups is 1. The first-order chi connectivity index (χ1) is 19.7. The molecule has 2 aliphatic rings. The van der Waals surface area contributed by atoms with Gasteiger partial charge in [0.1, 0.15) is 23.8 Å². The molecule has 0 aliphatic heterocycles. The molecule has 0 spiro atoms. The van der Waals surface area contributed by atoms with Gasteiger partial charge in [-0.15, -0.1) is 0 Å². The second-order valence-corrected chi connectivity index (χ2v) is 11.1. The fourth-order valence-electron chi connectivity index (χ4n) is 5.61. The van der Waals surface area contributed by atoms with Gasteiger partial charge in [0, 0.05) is 47.5 Å². The number of ketones is 1. The molecule has 3 aromatic rings. The molecule has 0 saturated heterocycles. The van der Waals surface area contributed by atoms with Gasteiger partial charge >= 0.3 is 6.18 Å². The van der Waals surface area contributed by atoms with E-state index in [2.05, 4.69) is 9.97 Å². The number of pyridine rings is 2. The van der Waals surface area contributed by atoms with Crippen LogP contribution in [-0.2, 0) is 24.0 Å². The molecule has 0 radical (unpaired) electrons. The number of carbonyl (C=O) groups excluding carboxylic acids is 1. The summed E-state index contributed by atoms with van der Waals surface area (Å²) in [5.41, 5.74) is -1.76. The first kappa shape index (κ1) is 29.8. The van der Waals surface area contributed by atoms with Crippen molar-refractivity contribution >= 4 is 5.78 Å². The van der Waals surface area contributed by atoms with Gasteiger partial charge in [-0.25, -0.2) is 23.1 Å². The Balaban J connectivity index is 1.35.